The van der Waals surface area contributed by atoms with E-state index in [9.17, 15) is 14.4 Å². The Morgan fingerprint density at radius 1 is 0.897 bits per heavy atom. The zero-order valence-electron chi connectivity index (χ0n) is 16.9. The van der Waals surface area contributed by atoms with Crippen molar-refractivity contribution >= 4 is 17.9 Å². The maximum atomic E-state index is 12.3. The highest BCUT2D eigenvalue weighted by Gasteiger charge is 2.19. The van der Waals surface area contributed by atoms with Crippen LogP contribution in [0, 0.1) is 0 Å². The molecule has 2 aromatic rings. The van der Waals surface area contributed by atoms with Crippen LogP contribution in [0.2, 0.25) is 0 Å². The molecule has 0 aliphatic heterocycles. The first-order valence-electron chi connectivity index (χ1n) is 9.39. The van der Waals surface area contributed by atoms with Crippen LogP contribution in [0.25, 0.3) is 0 Å². The van der Waals surface area contributed by atoms with Gasteiger partial charge in [0.15, 0.2) is 0 Å². The second-order valence-electron chi connectivity index (χ2n) is 7.46. The molecule has 0 spiro atoms. The maximum Gasteiger partial charge on any atom is 0.408 e. The Hall–Kier alpha value is -3.35. The molecule has 2 rings (SSSR count). The van der Waals surface area contributed by atoms with Crippen molar-refractivity contribution in [3.63, 3.8) is 0 Å². The van der Waals surface area contributed by atoms with Crippen molar-refractivity contribution in [2.45, 2.75) is 32.4 Å². The number of carbonyl (C=O) groups excluding carboxylic acids is 3. The van der Waals surface area contributed by atoms with Crippen LogP contribution in [0.3, 0.4) is 0 Å². The Labute approximate surface area is 170 Å². The third-order valence-electron chi connectivity index (χ3n) is 3.83. The highest BCUT2D eigenvalue weighted by molar-refractivity contribution is 5.94. The summed E-state index contributed by atoms with van der Waals surface area (Å²) in [6.45, 7) is 5.20. The Bertz CT molecular complexity index is 817. The second-order valence-corrected chi connectivity index (χ2v) is 7.46. The van der Waals surface area contributed by atoms with Crippen molar-refractivity contribution in [3.8, 4) is 0 Å². The highest BCUT2D eigenvalue weighted by atomic mass is 16.6. The summed E-state index contributed by atoms with van der Waals surface area (Å²) in [5, 5.41) is 8.09. The molecule has 0 bridgehead atoms. The molecule has 0 heterocycles. The van der Waals surface area contributed by atoms with Crippen molar-refractivity contribution < 1.29 is 19.1 Å². The minimum atomic E-state index is -0.665. The quantitative estimate of drug-likeness (QED) is 0.669. The monoisotopic (exact) mass is 397 g/mol. The van der Waals surface area contributed by atoms with E-state index in [-0.39, 0.29) is 19.0 Å². The van der Waals surface area contributed by atoms with Gasteiger partial charge in [0.2, 0.25) is 5.91 Å². The van der Waals surface area contributed by atoms with E-state index in [0.717, 1.165) is 5.56 Å². The third kappa shape index (κ3) is 8.04. The smallest absolute Gasteiger partial charge is 0.408 e. The van der Waals surface area contributed by atoms with Crippen LogP contribution >= 0.6 is 0 Å². The summed E-state index contributed by atoms with van der Waals surface area (Å²) in [4.78, 5) is 36.4. The van der Waals surface area contributed by atoms with Gasteiger partial charge in [0.25, 0.3) is 5.91 Å². The van der Waals surface area contributed by atoms with Gasteiger partial charge in [0.05, 0.1) is 6.04 Å². The number of nitrogens with one attached hydrogen (secondary N) is 3. The topological polar surface area (TPSA) is 96.5 Å². The Balaban J connectivity index is 1.95. The number of benzene rings is 2. The predicted molar refractivity (Wildman–Crippen MR) is 110 cm³/mol. The average Bonchev–Trinajstić information content (AvgIpc) is 2.69. The lowest BCUT2D eigenvalue weighted by molar-refractivity contribution is -0.121. The van der Waals surface area contributed by atoms with Gasteiger partial charge in [-0.15, -0.1) is 0 Å². The van der Waals surface area contributed by atoms with Crippen molar-refractivity contribution in [1.29, 1.82) is 0 Å². The van der Waals surface area contributed by atoms with Gasteiger partial charge in [-0.2, -0.15) is 0 Å². The molecule has 0 saturated heterocycles. The van der Waals surface area contributed by atoms with Gasteiger partial charge in [-0.3, -0.25) is 9.59 Å². The van der Waals surface area contributed by atoms with Crippen molar-refractivity contribution in [2.24, 2.45) is 0 Å². The Morgan fingerprint density at radius 2 is 1.48 bits per heavy atom. The van der Waals surface area contributed by atoms with Crippen LogP contribution in [-0.4, -0.2) is 36.6 Å². The van der Waals surface area contributed by atoms with Gasteiger partial charge in [0, 0.05) is 12.1 Å². The Morgan fingerprint density at radius 3 is 2.07 bits per heavy atom. The molecule has 0 radical (unpaired) electrons. The van der Waals surface area contributed by atoms with Gasteiger partial charge >= 0.3 is 6.09 Å². The molecule has 0 fully saturated rings. The van der Waals surface area contributed by atoms with Gasteiger partial charge in [-0.25, -0.2) is 4.79 Å². The van der Waals surface area contributed by atoms with E-state index in [1.807, 2.05) is 36.4 Å². The number of rotatable bonds is 7. The van der Waals surface area contributed by atoms with E-state index in [0.29, 0.717) is 5.56 Å². The summed E-state index contributed by atoms with van der Waals surface area (Å²) in [6, 6.07) is 17.7. The predicted octanol–water partition coefficient (Wildman–Crippen LogP) is 2.80. The molecule has 0 saturated carbocycles. The molecule has 7 nitrogen and oxygen atoms in total. The molecule has 0 aromatic heterocycles. The minimum absolute atomic E-state index is 0.204. The second kappa shape index (κ2) is 10.3. The first-order valence-corrected chi connectivity index (χ1v) is 9.39. The Kier molecular flexibility index (Phi) is 7.77. The highest BCUT2D eigenvalue weighted by Crippen LogP contribution is 2.12. The first-order chi connectivity index (χ1) is 13.7. The van der Waals surface area contributed by atoms with Gasteiger partial charge in [-0.05, 0) is 38.5 Å². The van der Waals surface area contributed by atoms with E-state index in [4.69, 9.17) is 4.74 Å². The van der Waals surface area contributed by atoms with Crippen LogP contribution in [0.15, 0.2) is 60.7 Å². The van der Waals surface area contributed by atoms with Crippen LogP contribution in [0.4, 0.5) is 4.79 Å². The molecule has 3 amide bonds. The number of carbonyl (C=O) groups is 3. The molecule has 154 valence electrons. The first kappa shape index (κ1) is 21.9. The summed E-state index contributed by atoms with van der Waals surface area (Å²) >= 11 is 0. The van der Waals surface area contributed by atoms with E-state index in [1.54, 1.807) is 45.0 Å². The third-order valence-corrected chi connectivity index (χ3v) is 3.83. The fourth-order valence-electron chi connectivity index (χ4n) is 2.54. The van der Waals surface area contributed by atoms with E-state index in [2.05, 4.69) is 16.0 Å². The van der Waals surface area contributed by atoms with Gasteiger partial charge in [-0.1, -0.05) is 48.5 Å². The van der Waals surface area contributed by atoms with Gasteiger partial charge < -0.3 is 20.7 Å². The molecule has 3 N–H and O–H groups in total. The minimum Gasteiger partial charge on any atom is -0.444 e. The summed E-state index contributed by atoms with van der Waals surface area (Å²) in [7, 11) is 0. The van der Waals surface area contributed by atoms with Crippen molar-refractivity contribution in [1.82, 2.24) is 16.0 Å². The van der Waals surface area contributed by atoms with Crippen LogP contribution in [-0.2, 0) is 9.53 Å². The summed E-state index contributed by atoms with van der Waals surface area (Å²) in [5.74, 6) is -0.619. The molecule has 7 heteroatoms. The van der Waals surface area contributed by atoms with Gasteiger partial charge in [0.1, 0.15) is 12.1 Å². The van der Waals surface area contributed by atoms with Crippen LogP contribution in [0.1, 0.15) is 42.7 Å². The van der Waals surface area contributed by atoms with Crippen LogP contribution in [0.5, 0.6) is 0 Å². The summed E-state index contributed by atoms with van der Waals surface area (Å²) < 4.78 is 5.12. The molecule has 29 heavy (non-hydrogen) atoms. The number of amides is 3. The molecule has 0 aliphatic carbocycles. The van der Waals surface area contributed by atoms with E-state index < -0.39 is 23.6 Å². The summed E-state index contributed by atoms with van der Waals surface area (Å²) in [6.07, 6.45) is -0.665. The largest absolute Gasteiger partial charge is 0.444 e. The molecule has 0 unspecified atom stereocenters. The SMILES string of the molecule is CC(C)(C)OC(=O)NCC(=O)N[C@H](CNC(=O)c1ccccc1)c1ccccc1. The fraction of sp³-hybridized carbons (Fsp3) is 0.318. The number of alkyl carbamates (subject to hydrolysis) is 1. The zero-order valence-corrected chi connectivity index (χ0v) is 16.9. The fourth-order valence-corrected chi connectivity index (χ4v) is 2.54. The van der Waals surface area contributed by atoms with E-state index in [1.165, 1.54) is 0 Å². The summed E-state index contributed by atoms with van der Waals surface area (Å²) in [5.41, 5.74) is 0.734. The average molecular weight is 397 g/mol. The lowest BCUT2D eigenvalue weighted by Gasteiger charge is -2.21. The van der Waals surface area contributed by atoms with Crippen molar-refractivity contribution in [3.05, 3.63) is 71.8 Å². The van der Waals surface area contributed by atoms with Crippen molar-refractivity contribution in [2.75, 3.05) is 13.1 Å². The lowest BCUT2D eigenvalue weighted by atomic mass is 10.1. The lowest BCUT2D eigenvalue weighted by Crippen LogP contribution is -2.43. The molecule has 0 aliphatic rings. The molecular formula is C22H27N3O4. The number of ether oxygens (including phenoxy) is 1. The maximum absolute atomic E-state index is 12.3. The standard InChI is InChI=1S/C22H27N3O4/c1-22(2,3)29-21(28)24-15-19(26)25-18(16-10-6-4-7-11-16)14-23-20(27)17-12-8-5-9-13-17/h4-13,18H,14-15H2,1-3H3,(H,23,27)(H,24,28)(H,25,26)/t18-/m1/s1. The van der Waals surface area contributed by atoms with E-state index >= 15 is 0 Å². The zero-order chi connectivity index (χ0) is 21.3. The normalized spacial score (nSPS) is 11.8. The number of hydrogen-bond acceptors (Lipinski definition) is 4. The molecule has 2 aromatic carbocycles. The molecular weight excluding hydrogens is 370 g/mol. The molecule has 1 atom stereocenters. The van der Waals surface area contributed by atoms with Crippen LogP contribution < -0.4 is 16.0 Å². The number of hydrogen-bond donors (Lipinski definition) is 3.